The molecule has 400 valence electrons. The molecule has 2 nitrogen and oxygen atoms in total. The van der Waals surface area contributed by atoms with Crippen LogP contribution in [0.5, 0.6) is 0 Å². The molecule has 4 aliphatic carbocycles. The third-order valence-electron chi connectivity index (χ3n) is 19.7. The van der Waals surface area contributed by atoms with Crippen LogP contribution in [-0.2, 0) is 16.2 Å². The number of hydrogen-bond acceptors (Lipinski definition) is 2. The first kappa shape index (κ1) is 49.6. The van der Waals surface area contributed by atoms with Gasteiger partial charge in [0.15, 0.2) is 0 Å². The summed E-state index contributed by atoms with van der Waals surface area (Å²) in [4.78, 5) is 4.98. The summed E-state index contributed by atoms with van der Waals surface area (Å²) in [6.07, 6.45) is 0. The van der Waals surface area contributed by atoms with Crippen molar-refractivity contribution in [3.63, 3.8) is 0 Å². The molecule has 83 heavy (non-hydrogen) atoms. The minimum absolute atomic E-state index is 0.133. The van der Waals surface area contributed by atoms with Gasteiger partial charge in [0.05, 0.1) is 5.41 Å². The molecule has 1 spiro atoms. The number of hydrogen-bond donors (Lipinski definition) is 0. The molecule has 0 aliphatic heterocycles. The van der Waals surface area contributed by atoms with Gasteiger partial charge in [-0.25, -0.2) is 0 Å². The van der Waals surface area contributed by atoms with Crippen molar-refractivity contribution >= 4 is 55.7 Å². The maximum absolute atomic E-state index is 2.61. The highest BCUT2D eigenvalue weighted by molar-refractivity contribution is 6.12. The lowest BCUT2D eigenvalue weighted by molar-refractivity contribution is 0.660. The molecular weight excluding hydrogens is 1000 g/mol. The van der Waals surface area contributed by atoms with Gasteiger partial charge in [0.25, 0.3) is 0 Å². The summed E-state index contributed by atoms with van der Waals surface area (Å²) in [5, 5.41) is 5.22. The summed E-state index contributed by atoms with van der Waals surface area (Å²) in [6, 6.07) is 92.9. The Hall–Kier alpha value is -9.24. The van der Waals surface area contributed by atoms with E-state index >= 15 is 0 Å². The lowest BCUT2D eigenvalue weighted by Crippen LogP contribution is -2.27. The van der Waals surface area contributed by atoms with Crippen LogP contribution in [0.15, 0.2) is 243 Å². The quantitative estimate of drug-likeness (QED) is 0.150. The van der Waals surface area contributed by atoms with Gasteiger partial charge >= 0.3 is 0 Å². The van der Waals surface area contributed by atoms with Crippen LogP contribution < -0.4 is 9.80 Å². The van der Waals surface area contributed by atoms with Gasteiger partial charge in [-0.15, -0.1) is 0 Å². The number of para-hydroxylation sites is 2. The smallest absolute Gasteiger partial charge is 0.0737 e. The zero-order valence-corrected chi connectivity index (χ0v) is 48.6. The Morgan fingerprint density at radius 2 is 0.566 bits per heavy atom. The molecule has 0 bridgehead atoms. The van der Waals surface area contributed by atoms with Crippen LogP contribution in [0.1, 0.15) is 123 Å². The van der Waals surface area contributed by atoms with E-state index in [2.05, 4.69) is 308 Å². The molecule has 0 amide bonds. The van der Waals surface area contributed by atoms with E-state index in [9.17, 15) is 0 Å². The highest BCUT2D eigenvalue weighted by Gasteiger charge is 2.54. The van der Waals surface area contributed by atoms with Crippen LogP contribution in [0.25, 0.3) is 66.1 Å². The Kier molecular flexibility index (Phi) is 10.7. The Labute approximate surface area is 489 Å². The lowest BCUT2D eigenvalue weighted by Gasteiger charge is -2.34. The van der Waals surface area contributed by atoms with Crippen LogP contribution in [-0.4, -0.2) is 0 Å². The summed E-state index contributed by atoms with van der Waals surface area (Å²) in [6.45, 7) is 19.1. The van der Waals surface area contributed by atoms with Crippen molar-refractivity contribution in [2.24, 2.45) is 0 Å². The molecule has 4 aliphatic rings. The lowest BCUT2D eigenvalue weighted by atomic mass is 9.67. The first-order valence-electron chi connectivity index (χ1n) is 30.0. The van der Waals surface area contributed by atoms with E-state index in [4.69, 9.17) is 0 Å². The number of rotatable bonds is 8. The summed E-state index contributed by atoms with van der Waals surface area (Å²) in [5.74, 6) is 0.502. The number of benzene rings is 12. The molecule has 0 saturated carbocycles. The van der Waals surface area contributed by atoms with Gasteiger partial charge in [-0.1, -0.05) is 213 Å². The average Bonchev–Trinajstić information content (AvgIpc) is 1.67. The van der Waals surface area contributed by atoms with E-state index in [0.29, 0.717) is 0 Å². The van der Waals surface area contributed by atoms with Crippen LogP contribution in [0, 0.1) is 0 Å². The van der Waals surface area contributed by atoms with Gasteiger partial charge in [-0.05, 0) is 218 Å². The van der Waals surface area contributed by atoms with Crippen LogP contribution in [0.4, 0.5) is 34.1 Å². The molecule has 12 aromatic rings. The fourth-order valence-electron chi connectivity index (χ4n) is 16.0. The van der Waals surface area contributed by atoms with Crippen molar-refractivity contribution in [3.8, 4) is 44.5 Å². The molecule has 0 fully saturated rings. The maximum Gasteiger partial charge on any atom is 0.0737 e. The monoisotopic (exact) mass is 1070 g/mol. The summed E-state index contributed by atoms with van der Waals surface area (Å²) < 4.78 is 0. The molecule has 0 aromatic heterocycles. The highest BCUT2D eigenvalue weighted by atomic mass is 15.1. The maximum atomic E-state index is 2.61. The fourth-order valence-corrected chi connectivity index (χ4v) is 16.0. The minimum atomic E-state index is -0.609. The molecule has 0 heterocycles. The van der Waals surface area contributed by atoms with E-state index < -0.39 is 5.41 Å². The van der Waals surface area contributed by atoms with Gasteiger partial charge in [0.1, 0.15) is 0 Å². The number of fused-ring (bicyclic) bond motifs is 20. The van der Waals surface area contributed by atoms with Gasteiger partial charge in [-0.2, -0.15) is 0 Å². The second kappa shape index (κ2) is 17.9. The zero-order chi connectivity index (χ0) is 56.3. The molecular formula is C81H66N2. The summed E-state index contributed by atoms with van der Waals surface area (Å²) >= 11 is 0. The average molecular weight is 1070 g/mol. The van der Waals surface area contributed by atoms with Crippen LogP contribution in [0.2, 0.25) is 0 Å². The largest absolute Gasteiger partial charge is 0.310 e. The van der Waals surface area contributed by atoms with E-state index in [1.165, 1.54) is 122 Å². The van der Waals surface area contributed by atoms with Gasteiger partial charge in [0, 0.05) is 45.0 Å². The van der Waals surface area contributed by atoms with Crippen LogP contribution >= 0.6 is 0 Å². The third-order valence-corrected chi connectivity index (χ3v) is 19.7. The molecule has 0 unspecified atom stereocenters. The normalized spacial score (nSPS) is 14.8. The fraction of sp³-hybridized carbons (Fsp3) is 0.160. The summed E-state index contributed by atoms with van der Waals surface area (Å²) in [7, 11) is 0. The Balaban J connectivity index is 0.943. The topological polar surface area (TPSA) is 6.48 Å². The van der Waals surface area contributed by atoms with E-state index in [1.54, 1.807) is 0 Å². The van der Waals surface area contributed by atoms with Crippen molar-refractivity contribution < 1.29 is 0 Å². The molecule has 2 heteroatoms. The second-order valence-corrected chi connectivity index (χ2v) is 25.5. The SMILES string of the molecule is CC(C)c1cc2c(c3ccc(N(c4ccccc4)c4ccc5c(c4)C(C)(C)c4ccccc4-5)cc13)C1(c3ccccc3-c3ccccc31)c1c-2cc(C(C)C)c2cc(N(c3ccccc3)c3ccc4c(c3)C(C)(C)c3ccccc3-4)ccc12. The van der Waals surface area contributed by atoms with Gasteiger partial charge in [0.2, 0.25) is 0 Å². The minimum Gasteiger partial charge on any atom is -0.310 e. The molecule has 0 saturated heterocycles. The Morgan fingerprint density at radius 3 is 0.952 bits per heavy atom. The first-order chi connectivity index (χ1) is 40.3. The molecule has 16 rings (SSSR count). The van der Waals surface area contributed by atoms with Crippen molar-refractivity contribution in [3.05, 3.63) is 298 Å². The number of nitrogens with zero attached hydrogens (tertiary/aromatic N) is 2. The molecule has 0 atom stereocenters. The van der Waals surface area contributed by atoms with Crippen molar-refractivity contribution in [1.82, 2.24) is 0 Å². The zero-order valence-electron chi connectivity index (χ0n) is 48.6. The van der Waals surface area contributed by atoms with Crippen molar-refractivity contribution in [1.29, 1.82) is 0 Å². The highest BCUT2D eigenvalue weighted by Crippen LogP contribution is 2.67. The standard InChI is InChI=1S/C81H66N2/c1-49(2)65-47-69-70-48-66(50(3)4)68-44-54(83(52-25-13-10-14-26-52)56-36-40-62-58-28-16-20-32-72(58)80(7,8)76(62)46-56)38-42-64(68)78(70)81(73-33-21-17-29-59(73)60-30-18-22-34-74(60)81)77(69)63-41-37-53(43-67(63)65)82(51-23-11-9-12-24-51)55-35-39-61-57-27-15-19-31-71(57)79(5,6)75(61)45-55/h9-50H,1-8H3. The second-order valence-electron chi connectivity index (χ2n) is 25.5. The van der Waals surface area contributed by atoms with E-state index in [0.717, 1.165) is 34.1 Å². The van der Waals surface area contributed by atoms with Crippen molar-refractivity contribution in [2.45, 2.75) is 83.5 Å². The third kappa shape index (κ3) is 6.84. The Bertz CT molecular complexity index is 4390. The van der Waals surface area contributed by atoms with E-state index in [1.807, 2.05) is 0 Å². The van der Waals surface area contributed by atoms with Gasteiger partial charge < -0.3 is 9.80 Å². The predicted octanol–water partition coefficient (Wildman–Crippen LogP) is 22.1. The molecule has 12 aromatic carbocycles. The first-order valence-corrected chi connectivity index (χ1v) is 30.0. The van der Waals surface area contributed by atoms with Gasteiger partial charge in [-0.3, -0.25) is 0 Å². The Morgan fingerprint density at radius 1 is 0.253 bits per heavy atom. The van der Waals surface area contributed by atoms with E-state index in [-0.39, 0.29) is 22.7 Å². The summed E-state index contributed by atoms with van der Waals surface area (Å²) in [5.41, 5.74) is 30.4. The van der Waals surface area contributed by atoms with Crippen LogP contribution in [0.3, 0.4) is 0 Å². The number of anilines is 6. The van der Waals surface area contributed by atoms with Crippen molar-refractivity contribution in [2.75, 3.05) is 9.80 Å². The predicted molar refractivity (Wildman–Crippen MR) is 350 cm³/mol. The molecule has 0 N–H and O–H groups in total. The molecule has 0 radical (unpaired) electrons.